The van der Waals surface area contributed by atoms with E-state index >= 15 is 0 Å². The minimum Gasteiger partial charge on any atom is -0.457 e. The normalized spacial score (nSPS) is 10.6. The summed E-state index contributed by atoms with van der Waals surface area (Å²) in [7, 11) is 0. The Labute approximate surface area is 112 Å². The summed E-state index contributed by atoms with van der Waals surface area (Å²) in [5.41, 5.74) is 7.71. The number of fused-ring (bicyclic) bond motifs is 1. The number of hydrogen-bond acceptors (Lipinski definition) is 2. The first-order chi connectivity index (χ1) is 9.22. The molecule has 0 aliphatic carbocycles. The van der Waals surface area contributed by atoms with E-state index in [0.29, 0.717) is 5.69 Å². The maximum atomic E-state index is 5.93. The van der Waals surface area contributed by atoms with Gasteiger partial charge in [-0.15, -0.1) is 0 Å². The molecule has 19 heavy (non-hydrogen) atoms. The van der Waals surface area contributed by atoms with Crippen LogP contribution in [0.5, 0.6) is 11.5 Å². The van der Waals surface area contributed by atoms with Crippen molar-refractivity contribution in [3.8, 4) is 11.5 Å². The molecular formula is C17H15NO. The SMILES string of the molecule is Cc1ccc2c(Oc3cccc(N)c3)cccc2c1. The van der Waals surface area contributed by atoms with Crippen LogP contribution in [0, 0.1) is 6.92 Å². The van der Waals surface area contributed by atoms with Gasteiger partial charge in [-0.1, -0.05) is 42.0 Å². The summed E-state index contributed by atoms with van der Waals surface area (Å²) >= 11 is 0. The Balaban J connectivity index is 2.06. The van der Waals surface area contributed by atoms with Crippen LogP contribution in [-0.4, -0.2) is 0 Å². The van der Waals surface area contributed by atoms with Gasteiger partial charge in [-0.3, -0.25) is 0 Å². The molecule has 0 aromatic heterocycles. The van der Waals surface area contributed by atoms with Crippen molar-refractivity contribution in [2.75, 3.05) is 5.73 Å². The maximum Gasteiger partial charge on any atom is 0.135 e. The molecule has 2 nitrogen and oxygen atoms in total. The monoisotopic (exact) mass is 249 g/mol. The van der Waals surface area contributed by atoms with E-state index in [1.807, 2.05) is 36.4 Å². The molecule has 3 rings (SSSR count). The molecule has 94 valence electrons. The number of hydrogen-bond donors (Lipinski definition) is 1. The Bertz CT molecular complexity index is 734. The molecule has 3 aromatic rings. The van der Waals surface area contributed by atoms with Gasteiger partial charge in [0.15, 0.2) is 0 Å². The standard InChI is InChI=1S/C17H15NO/c1-12-8-9-16-13(10-12)4-2-7-17(16)19-15-6-3-5-14(18)11-15/h2-11H,18H2,1H3. The fourth-order valence-electron chi connectivity index (χ4n) is 2.17. The van der Waals surface area contributed by atoms with Gasteiger partial charge < -0.3 is 10.5 Å². The molecular weight excluding hydrogens is 234 g/mol. The average Bonchev–Trinajstić information content (AvgIpc) is 2.38. The van der Waals surface area contributed by atoms with E-state index in [9.17, 15) is 0 Å². The number of benzene rings is 3. The molecule has 0 fully saturated rings. The van der Waals surface area contributed by atoms with Crippen LogP contribution in [0.2, 0.25) is 0 Å². The Morgan fingerprint density at radius 2 is 1.74 bits per heavy atom. The Morgan fingerprint density at radius 3 is 2.58 bits per heavy atom. The van der Waals surface area contributed by atoms with Gasteiger partial charge in [0, 0.05) is 17.1 Å². The molecule has 0 aliphatic rings. The fourth-order valence-corrected chi connectivity index (χ4v) is 2.17. The number of ether oxygens (including phenoxy) is 1. The Hall–Kier alpha value is -2.48. The highest BCUT2D eigenvalue weighted by Gasteiger charge is 2.03. The van der Waals surface area contributed by atoms with Crippen molar-refractivity contribution in [3.05, 3.63) is 66.2 Å². The Kier molecular flexibility index (Phi) is 2.84. The lowest BCUT2D eigenvalue weighted by molar-refractivity contribution is 0.488. The lowest BCUT2D eigenvalue weighted by Gasteiger charge is -2.09. The van der Waals surface area contributed by atoms with E-state index < -0.39 is 0 Å². The zero-order valence-electron chi connectivity index (χ0n) is 10.8. The molecule has 0 heterocycles. The van der Waals surface area contributed by atoms with Crippen LogP contribution in [0.3, 0.4) is 0 Å². The number of anilines is 1. The van der Waals surface area contributed by atoms with E-state index in [0.717, 1.165) is 16.9 Å². The molecule has 2 heteroatoms. The molecule has 0 atom stereocenters. The fraction of sp³-hybridized carbons (Fsp3) is 0.0588. The second kappa shape index (κ2) is 4.65. The average molecular weight is 249 g/mol. The number of aryl methyl sites for hydroxylation is 1. The summed E-state index contributed by atoms with van der Waals surface area (Å²) in [4.78, 5) is 0. The van der Waals surface area contributed by atoms with E-state index in [1.165, 1.54) is 10.9 Å². The second-order valence-corrected chi connectivity index (χ2v) is 4.66. The first-order valence-electron chi connectivity index (χ1n) is 6.25. The summed E-state index contributed by atoms with van der Waals surface area (Å²) in [6.45, 7) is 2.09. The minimum absolute atomic E-state index is 0.702. The summed E-state index contributed by atoms with van der Waals surface area (Å²) in [6, 6.07) is 19.9. The molecule has 0 amide bonds. The third-order valence-electron chi connectivity index (χ3n) is 3.08. The number of nitrogens with two attached hydrogens (primary N) is 1. The van der Waals surface area contributed by atoms with E-state index in [-0.39, 0.29) is 0 Å². The molecule has 3 aromatic carbocycles. The van der Waals surface area contributed by atoms with Crippen LogP contribution < -0.4 is 10.5 Å². The van der Waals surface area contributed by atoms with E-state index in [1.54, 1.807) is 0 Å². The first kappa shape index (κ1) is 11.6. The van der Waals surface area contributed by atoms with Crippen molar-refractivity contribution in [3.63, 3.8) is 0 Å². The molecule has 0 saturated heterocycles. The largest absolute Gasteiger partial charge is 0.457 e. The van der Waals surface area contributed by atoms with Crippen LogP contribution in [-0.2, 0) is 0 Å². The van der Waals surface area contributed by atoms with Gasteiger partial charge in [-0.2, -0.15) is 0 Å². The Morgan fingerprint density at radius 1 is 0.895 bits per heavy atom. The van der Waals surface area contributed by atoms with Crippen molar-refractivity contribution in [2.24, 2.45) is 0 Å². The van der Waals surface area contributed by atoms with Crippen molar-refractivity contribution in [2.45, 2.75) is 6.92 Å². The second-order valence-electron chi connectivity index (χ2n) is 4.66. The zero-order valence-corrected chi connectivity index (χ0v) is 10.8. The highest BCUT2D eigenvalue weighted by Crippen LogP contribution is 2.30. The summed E-state index contributed by atoms with van der Waals surface area (Å²) in [5, 5.41) is 2.29. The molecule has 0 spiro atoms. The molecule has 0 saturated carbocycles. The lowest BCUT2D eigenvalue weighted by atomic mass is 10.1. The molecule has 0 aliphatic heterocycles. The van der Waals surface area contributed by atoms with Crippen LogP contribution in [0.25, 0.3) is 10.8 Å². The van der Waals surface area contributed by atoms with Gasteiger partial charge in [0.25, 0.3) is 0 Å². The van der Waals surface area contributed by atoms with Crippen molar-refractivity contribution in [1.82, 2.24) is 0 Å². The van der Waals surface area contributed by atoms with Gasteiger partial charge in [-0.05, 0) is 30.5 Å². The van der Waals surface area contributed by atoms with Crippen LogP contribution in [0.15, 0.2) is 60.7 Å². The van der Waals surface area contributed by atoms with Gasteiger partial charge >= 0.3 is 0 Å². The molecule has 0 bridgehead atoms. The van der Waals surface area contributed by atoms with Crippen molar-refractivity contribution in [1.29, 1.82) is 0 Å². The van der Waals surface area contributed by atoms with Gasteiger partial charge in [0.2, 0.25) is 0 Å². The smallest absolute Gasteiger partial charge is 0.135 e. The first-order valence-corrected chi connectivity index (χ1v) is 6.25. The summed E-state index contributed by atoms with van der Waals surface area (Å²) in [6.07, 6.45) is 0. The van der Waals surface area contributed by atoms with E-state index in [2.05, 4.69) is 31.2 Å². The van der Waals surface area contributed by atoms with E-state index in [4.69, 9.17) is 10.5 Å². The van der Waals surface area contributed by atoms with Gasteiger partial charge in [-0.25, -0.2) is 0 Å². The van der Waals surface area contributed by atoms with Crippen molar-refractivity contribution >= 4 is 16.5 Å². The predicted molar refractivity (Wildman–Crippen MR) is 79.6 cm³/mol. The summed E-state index contributed by atoms with van der Waals surface area (Å²) < 4.78 is 5.93. The van der Waals surface area contributed by atoms with Gasteiger partial charge in [0.05, 0.1) is 0 Å². The molecule has 2 N–H and O–H groups in total. The minimum atomic E-state index is 0.702. The third kappa shape index (κ3) is 2.38. The van der Waals surface area contributed by atoms with Crippen LogP contribution >= 0.6 is 0 Å². The topological polar surface area (TPSA) is 35.2 Å². The van der Waals surface area contributed by atoms with Gasteiger partial charge in [0.1, 0.15) is 11.5 Å². The van der Waals surface area contributed by atoms with Crippen molar-refractivity contribution < 1.29 is 4.74 Å². The highest BCUT2D eigenvalue weighted by molar-refractivity contribution is 5.89. The maximum absolute atomic E-state index is 5.93. The highest BCUT2D eigenvalue weighted by atomic mass is 16.5. The van der Waals surface area contributed by atoms with Crippen LogP contribution in [0.1, 0.15) is 5.56 Å². The number of rotatable bonds is 2. The lowest BCUT2D eigenvalue weighted by Crippen LogP contribution is -1.88. The third-order valence-corrected chi connectivity index (χ3v) is 3.08. The predicted octanol–water partition coefficient (Wildman–Crippen LogP) is 4.52. The zero-order chi connectivity index (χ0) is 13.2. The summed E-state index contributed by atoms with van der Waals surface area (Å²) in [5.74, 6) is 1.61. The molecule has 0 radical (unpaired) electrons. The number of nitrogen functional groups attached to an aromatic ring is 1. The van der Waals surface area contributed by atoms with Crippen LogP contribution in [0.4, 0.5) is 5.69 Å². The quantitative estimate of drug-likeness (QED) is 0.677. The molecule has 0 unspecified atom stereocenters.